The molecule has 0 bridgehead atoms. The third kappa shape index (κ3) is 7.52. The van der Waals surface area contributed by atoms with Gasteiger partial charge in [-0.1, -0.05) is 16.3 Å². The highest BCUT2D eigenvalue weighted by Crippen LogP contribution is 2.01. The molecule has 4 nitrogen and oxygen atoms in total. The van der Waals surface area contributed by atoms with E-state index >= 15 is 0 Å². The molecule has 84 valence electrons. The first-order chi connectivity index (χ1) is 7.11. The van der Waals surface area contributed by atoms with Crippen molar-refractivity contribution in [2.75, 3.05) is 6.54 Å². The molecule has 0 aliphatic carbocycles. The van der Waals surface area contributed by atoms with Gasteiger partial charge in [-0.05, 0) is 25.8 Å². The summed E-state index contributed by atoms with van der Waals surface area (Å²) in [5.74, 6) is -0.136. The molecule has 0 saturated carbocycles. The molecule has 0 aromatic rings. The molecule has 0 aliphatic rings. The van der Waals surface area contributed by atoms with Crippen LogP contribution >= 0.6 is 9.39 Å². The highest BCUT2D eigenvalue weighted by Gasteiger charge is 2.14. The van der Waals surface area contributed by atoms with Crippen LogP contribution in [0.4, 0.5) is 0 Å². The van der Waals surface area contributed by atoms with Gasteiger partial charge in [-0.15, -0.1) is 0 Å². The molecule has 0 aromatic heterocycles. The molecule has 0 aromatic carbocycles. The maximum Gasteiger partial charge on any atom is 0.220 e. The summed E-state index contributed by atoms with van der Waals surface area (Å²) in [6, 6.07) is -0.526. The van der Waals surface area contributed by atoms with Crippen LogP contribution in [-0.2, 0) is 9.59 Å². The minimum atomic E-state index is -0.526. The van der Waals surface area contributed by atoms with Crippen molar-refractivity contribution in [1.82, 2.24) is 10.4 Å². The minimum absolute atomic E-state index is 0.136. The molecule has 2 unspecified atom stereocenters. The van der Waals surface area contributed by atoms with Crippen LogP contribution in [0.5, 0.6) is 0 Å². The Balaban J connectivity index is 3.84. The van der Waals surface area contributed by atoms with E-state index in [1.807, 2.05) is 0 Å². The number of carbonyl (C=O) groups excluding carboxylic acids is 2. The number of carbonyl (C=O) groups is 2. The van der Waals surface area contributed by atoms with Gasteiger partial charge in [0.1, 0.15) is 0 Å². The Hall–Kier alpha value is -0.405. The van der Waals surface area contributed by atoms with Crippen LogP contribution in [0.15, 0.2) is 0 Å². The van der Waals surface area contributed by atoms with Gasteiger partial charge in [0.25, 0.3) is 0 Å². The quantitative estimate of drug-likeness (QED) is 0.352. The molecule has 2 atom stereocenters. The summed E-state index contributed by atoms with van der Waals surface area (Å²) in [4.78, 5) is 22.1. The first-order valence-electron chi connectivity index (χ1n) is 5.14. The average Bonchev–Trinajstić information content (AvgIpc) is 2.21. The van der Waals surface area contributed by atoms with Crippen molar-refractivity contribution in [3.63, 3.8) is 0 Å². The summed E-state index contributed by atoms with van der Waals surface area (Å²) >= 11 is 0. The van der Waals surface area contributed by atoms with Crippen molar-refractivity contribution < 1.29 is 9.59 Å². The lowest BCUT2D eigenvalue weighted by atomic mass is 9.91. The highest BCUT2D eigenvalue weighted by molar-refractivity contribution is 7.13. The van der Waals surface area contributed by atoms with Crippen LogP contribution in [0.25, 0.3) is 0 Å². The zero-order valence-electron chi connectivity index (χ0n) is 9.08. The highest BCUT2D eigenvalue weighted by atomic mass is 31.0. The lowest BCUT2D eigenvalue weighted by molar-refractivity contribution is -0.124. The summed E-state index contributed by atoms with van der Waals surface area (Å²) < 4.78 is 0. The van der Waals surface area contributed by atoms with Crippen molar-refractivity contribution in [2.45, 2.75) is 38.6 Å². The van der Waals surface area contributed by atoms with Gasteiger partial charge in [-0.25, -0.2) is 0 Å². The lowest BCUT2D eigenvalue weighted by Gasteiger charge is -2.15. The van der Waals surface area contributed by atoms with Gasteiger partial charge in [0, 0.05) is 6.42 Å². The lowest BCUT2D eigenvalue weighted by Crippen LogP contribution is -2.40. The number of hydrogen-bond acceptors (Lipinski definition) is 3. The van der Waals surface area contributed by atoms with Crippen molar-refractivity contribution in [3.8, 4) is 0 Å². The van der Waals surface area contributed by atoms with E-state index in [2.05, 4.69) is 19.8 Å². The summed E-state index contributed by atoms with van der Waals surface area (Å²) in [5.41, 5.74) is -0.462. The number of rotatable bonds is 8. The second-order valence-corrected chi connectivity index (χ2v) is 3.73. The fourth-order valence-corrected chi connectivity index (χ4v) is 1.36. The number of amides is 1. The molecule has 1 amide bonds. The van der Waals surface area contributed by atoms with E-state index in [-0.39, 0.29) is 5.91 Å². The largest absolute Gasteiger partial charge is 0.347 e. The SMILES string of the molecule is [B]C(=O)C(CCCCNP)NC(=O)CC. The van der Waals surface area contributed by atoms with E-state index in [1.165, 1.54) is 0 Å². The summed E-state index contributed by atoms with van der Waals surface area (Å²) in [6.07, 6.45) is 2.79. The molecular formula is C9H18BN2O2P. The zero-order valence-corrected chi connectivity index (χ0v) is 10.2. The first kappa shape index (κ1) is 14.6. The smallest absolute Gasteiger partial charge is 0.220 e. The standard InChI is InChI=1S/C9H18BN2O2P/c1-2-8(13)12-7(9(10)14)5-3-4-6-11-15/h7,11H,2-6,15H2,1H3,(H,12,13). The summed E-state index contributed by atoms with van der Waals surface area (Å²) in [7, 11) is 7.60. The Morgan fingerprint density at radius 3 is 2.53 bits per heavy atom. The molecule has 6 heteroatoms. The average molecular weight is 228 g/mol. The molecular weight excluding hydrogens is 210 g/mol. The molecule has 0 aliphatic heterocycles. The zero-order chi connectivity index (χ0) is 11.7. The molecule has 0 fully saturated rings. The molecule has 0 saturated heterocycles. The van der Waals surface area contributed by atoms with Crippen LogP contribution in [0, 0.1) is 0 Å². The minimum Gasteiger partial charge on any atom is -0.347 e. The van der Waals surface area contributed by atoms with E-state index < -0.39 is 11.7 Å². The van der Waals surface area contributed by atoms with Gasteiger partial charge in [-0.3, -0.25) is 4.79 Å². The van der Waals surface area contributed by atoms with Gasteiger partial charge in [0.2, 0.25) is 5.91 Å². The first-order valence-corrected chi connectivity index (χ1v) is 5.71. The Kier molecular flexibility index (Phi) is 8.63. The van der Waals surface area contributed by atoms with E-state index in [9.17, 15) is 9.59 Å². The van der Waals surface area contributed by atoms with Crippen molar-refractivity contribution in [2.24, 2.45) is 0 Å². The predicted molar refractivity (Wildman–Crippen MR) is 64.5 cm³/mol. The Bertz CT molecular complexity index is 214. The molecule has 2 N–H and O–H groups in total. The molecule has 0 heterocycles. The monoisotopic (exact) mass is 228 g/mol. The normalized spacial score (nSPS) is 12.1. The number of unbranched alkanes of at least 4 members (excludes halogenated alkanes) is 1. The van der Waals surface area contributed by atoms with E-state index in [0.717, 1.165) is 19.4 Å². The predicted octanol–water partition coefficient (Wildman–Crippen LogP) is 0.126. The van der Waals surface area contributed by atoms with Crippen molar-refractivity contribution in [3.05, 3.63) is 0 Å². The fourth-order valence-electron chi connectivity index (χ4n) is 1.16. The third-order valence-electron chi connectivity index (χ3n) is 2.06. The fraction of sp³-hybridized carbons (Fsp3) is 0.778. The van der Waals surface area contributed by atoms with Gasteiger partial charge in [0.05, 0.1) is 11.7 Å². The number of hydrogen-bond donors (Lipinski definition) is 2. The second-order valence-electron chi connectivity index (χ2n) is 3.33. The van der Waals surface area contributed by atoms with Crippen molar-refractivity contribution >= 4 is 28.8 Å². The second kappa shape index (κ2) is 8.87. The summed E-state index contributed by atoms with van der Waals surface area (Å²) in [5, 5.41) is 5.54. The van der Waals surface area contributed by atoms with Crippen LogP contribution in [0.1, 0.15) is 32.6 Å². The maximum atomic E-state index is 11.1. The van der Waals surface area contributed by atoms with Crippen LogP contribution in [0.2, 0.25) is 0 Å². The summed E-state index contributed by atoms with van der Waals surface area (Å²) in [6.45, 7) is 2.61. The Labute approximate surface area is 94.6 Å². The van der Waals surface area contributed by atoms with E-state index in [0.29, 0.717) is 12.8 Å². The van der Waals surface area contributed by atoms with Gasteiger partial charge in [0.15, 0.2) is 7.85 Å². The van der Waals surface area contributed by atoms with Crippen LogP contribution in [0.3, 0.4) is 0 Å². The van der Waals surface area contributed by atoms with Crippen molar-refractivity contribution in [1.29, 1.82) is 0 Å². The molecule has 0 rings (SSSR count). The van der Waals surface area contributed by atoms with Crippen LogP contribution < -0.4 is 10.4 Å². The molecule has 15 heavy (non-hydrogen) atoms. The Morgan fingerprint density at radius 2 is 2.07 bits per heavy atom. The molecule has 2 radical (unpaired) electrons. The van der Waals surface area contributed by atoms with Gasteiger partial charge >= 0.3 is 0 Å². The van der Waals surface area contributed by atoms with E-state index in [1.54, 1.807) is 6.92 Å². The molecule has 0 spiro atoms. The maximum absolute atomic E-state index is 11.1. The van der Waals surface area contributed by atoms with Crippen LogP contribution in [-0.4, -0.2) is 32.0 Å². The van der Waals surface area contributed by atoms with Gasteiger partial charge < -0.3 is 15.2 Å². The topological polar surface area (TPSA) is 58.2 Å². The third-order valence-corrected chi connectivity index (χ3v) is 2.35. The number of nitrogens with one attached hydrogen (secondary N) is 2. The van der Waals surface area contributed by atoms with E-state index in [4.69, 9.17) is 7.85 Å². The van der Waals surface area contributed by atoms with Gasteiger partial charge in [-0.2, -0.15) is 0 Å². The Morgan fingerprint density at radius 1 is 1.40 bits per heavy atom.